The number of rotatable bonds is 6. The number of carbonyl (C=O) groups excluding carboxylic acids is 3. The summed E-state index contributed by atoms with van der Waals surface area (Å²) in [6.07, 6.45) is 2.01. The predicted octanol–water partition coefficient (Wildman–Crippen LogP) is 2.96. The predicted molar refractivity (Wildman–Crippen MR) is 134 cm³/mol. The van der Waals surface area contributed by atoms with Gasteiger partial charge in [0, 0.05) is 24.8 Å². The molecule has 0 bridgehead atoms. The number of carbonyl (C=O) groups is 3. The van der Waals surface area contributed by atoms with Gasteiger partial charge in [0.2, 0.25) is 12.7 Å². The van der Waals surface area contributed by atoms with Crippen molar-refractivity contribution in [3.63, 3.8) is 0 Å². The molecule has 0 spiro atoms. The Bertz CT molecular complexity index is 1200. The second-order valence-corrected chi connectivity index (χ2v) is 9.46. The van der Waals surface area contributed by atoms with Gasteiger partial charge in [-0.15, -0.1) is 0 Å². The lowest BCUT2D eigenvalue weighted by Gasteiger charge is -2.42. The van der Waals surface area contributed by atoms with E-state index in [1.54, 1.807) is 48.3 Å². The molecule has 3 amide bonds. The van der Waals surface area contributed by atoms with Gasteiger partial charge in [-0.3, -0.25) is 14.4 Å². The van der Waals surface area contributed by atoms with Crippen LogP contribution in [0.5, 0.6) is 17.2 Å². The fourth-order valence-corrected chi connectivity index (χ4v) is 4.89. The zero-order valence-corrected chi connectivity index (χ0v) is 21.0. The van der Waals surface area contributed by atoms with E-state index in [0.717, 1.165) is 6.42 Å². The van der Waals surface area contributed by atoms with Crippen LogP contribution in [0.3, 0.4) is 0 Å². The first-order chi connectivity index (χ1) is 17.9. The maximum Gasteiger partial charge on any atom is 0.257 e. The molecule has 0 saturated carbocycles. The van der Waals surface area contributed by atoms with E-state index < -0.39 is 0 Å². The Hall–Kier alpha value is -3.79. The SMILES string of the molecule is CCCNC(=O)C[C@@H]1CC[C@H]2[C@H](COc3ccc(NC(=O)c4ccc5c(c4)OCO5)cc3C(=O)N2C)O1. The van der Waals surface area contributed by atoms with E-state index in [9.17, 15) is 14.4 Å². The lowest BCUT2D eigenvalue weighted by Crippen LogP contribution is -2.54. The molecule has 37 heavy (non-hydrogen) atoms. The van der Waals surface area contributed by atoms with Gasteiger partial charge in [-0.05, 0) is 55.7 Å². The fraction of sp³-hybridized carbons (Fsp3) is 0.444. The smallest absolute Gasteiger partial charge is 0.257 e. The fourth-order valence-electron chi connectivity index (χ4n) is 4.89. The summed E-state index contributed by atoms with van der Waals surface area (Å²) in [6, 6.07) is 9.79. The van der Waals surface area contributed by atoms with Crippen molar-refractivity contribution in [3.05, 3.63) is 47.5 Å². The van der Waals surface area contributed by atoms with Gasteiger partial charge in [0.15, 0.2) is 11.5 Å². The van der Waals surface area contributed by atoms with Crippen molar-refractivity contribution in [3.8, 4) is 17.2 Å². The highest BCUT2D eigenvalue weighted by Crippen LogP contribution is 2.34. The normalized spacial score (nSPS) is 22.2. The molecule has 0 unspecified atom stereocenters. The second kappa shape index (κ2) is 10.7. The second-order valence-electron chi connectivity index (χ2n) is 9.46. The van der Waals surface area contributed by atoms with Gasteiger partial charge in [-0.2, -0.15) is 0 Å². The monoisotopic (exact) mass is 509 g/mol. The van der Waals surface area contributed by atoms with Crippen LogP contribution in [-0.4, -0.2) is 67.9 Å². The van der Waals surface area contributed by atoms with Gasteiger partial charge in [-0.1, -0.05) is 6.92 Å². The Morgan fingerprint density at radius 1 is 1.03 bits per heavy atom. The van der Waals surface area contributed by atoms with E-state index >= 15 is 0 Å². The number of anilines is 1. The third kappa shape index (κ3) is 5.34. The summed E-state index contributed by atoms with van der Waals surface area (Å²) < 4.78 is 22.9. The Morgan fingerprint density at radius 2 is 1.84 bits per heavy atom. The summed E-state index contributed by atoms with van der Waals surface area (Å²) in [5, 5.41) is 5.73. The summed E-state index contributed by atoms with van der Waals surface area (Å²) in [6.45, 7) is 3.04. The van der Waals surface area contributed by atoms with Crippen molar-refractivity contribution in [2.24, 2.45) is 0 Å². The first-order valence-electron chi connectivity index (χ1n) is 12.6. The zero-order chi connectivity index (χ0) is 25.9. The molecule has 2 N–H and O–H groups in total. The summed E-state index contributed by atoms with van der Waals surface area (Å²) in [4.78, 5) is 40.1. The maximum absolute atomic E-state index is 13.4. The highest BCUT2D eigenvalue weighted by molar-refractivity contribution is 6.06. The van der Waals surface area contributed by atoms with Crippen LogP contribution < -0.4 is 24.8 Å². The number of likely N-dealkylation sites (N-methyl/N-ethyl adjacent to an activating group) is 1. The molecule has 1 saturated heterocycles. The molecular formula is C27H31N3O7. The molecule has 0 aliphatic carbocycles. The number of amides is 3. The molecule has 5 rings (SSSR count). The lowest BCUT2D eigenvalue weighted by molar-refractivity contribution is -0.134. The molecule has 3 heterocycles. The van der Waals surface area contributed by atoms with Crippen LogP contribution in [0, 0.1) is 0 Å². The van der Waals surface area contributed by atoms with Gasteiger partial charge in [0.05, 0.1) is 24.1 Å². The highest BCUT2D eigenvalue weighted by Gasteiger charge is 2.39. The number of fused-ring (bicyclic) bond motifs is 3. The van der Waals surface area contributed by atoms with Crippen molar-refractivity contribution < 1.29 is 33.3 Å². The van der Waals surface area contributed by atoms with Gasteiger partial charge >= 0.3 is 0 Å². The summed E-state index contributed by atoms with van der Waals surface area (Å²) in [7, 11) is 1.75. The van der Waals surface area contributed by atoms with E-state index in [1.165, 1.54) is 0 Å². The van der Waals surface area contributed by atoms with Crippen LogP contribution in [0.1, 0.15) is 53.3 Å². The Kier molecular flexibility index (Phi) is 7.18. The molecule has 2 aromatic rings. The van der Waals surface area contributed by atoms with Crippen LogP contribution in [0.15, 0.2) is 36.4 Å². The number of hydrogen-bond donors (Lipinski definition) is 2. The van der Waals surface area contributed by atoms with Gasteiger partial charge < -0.3 is 34.5 Å². The molecule has 1 fully saturated rings. The Morgan fingerprint density at radius 3 is 2.68 bits per heavy atom. The van der Waals surface area contributed by atoms with E-state index in [4.69, 9.17) is 18.9 Å². The van der Waals surface area contributed by atoms with Crippen molar-refractivity contribution in [1.82, 2.24) is 10.2 Å². The van der Waals surface area contributed by atoms with Crippen molar-refractivity contribution in [2.45, 2.75) is 50.9 Å². The standard InChI is InChI=1S/C27H31N3O7/c1-3-10-28-25(31)13-18-6-7-20-24(37-18)14-34-21-9-5-17(12-19(21)27(33)30(20)2)29-26(32)16-4-8-22-23(11-16)36-15-35-22/h4-5,8-9,11-12,18,20,24H,3,6-7,10,13-15H2,1-2H3,(H,28,31)(H,29,32)/t18-,20-,24-/m0/s1. The molecule has 0 aromatic heterocycles. The minimum absolute atomic E-state index is 0.0258. The number of hydrogen-bond acceptors (Lipinski definition) is 7. The summed E-state index contributed by atoms with van der Waals surface area (Å²) in [5.41, 5.74) is 1.25. The first-order valence-corrected chi connectivity index (χ1v) is 12.6. The highest BCUT2D eigenvalue weighted by atomic mass is 16.7. The maximum atomic E-state index is 13.4. The van der Waals surface area contributed by atoms with E-state index in [0.29, 0.717) is 59.9 Å². The quantitative estimate of drug-likeness (QED) is 0.615. The third-order valence-electron chi connectivity index (χ3n) is 6.89. The Balaban J connectivity index is 1.28. The van der Waals surface area contributed by atoms with E-state index in [1.807, 2.05) is 6.92 Å². The number of nitrogens with zero attached hydrogens (tertiary/aromatic N) is 1. The lowest BCUT2D eigenvalue weighted by atomic mass is 9.94. The average Bonchev–Trinajstić information content (AvgIpc) is 3.38. The van der Waals surface area contributed by atoms with Crippen LogP contribution in [-0.2, 0) is 9.53 Å². The molecule has 3 aliphatic rings. The topological polar surface area (TPSA) is 115 Å². The average molecular weight is 510 g/mol. The Labute approximate surface area is 215 Å². The number of ether oxygens (including phenoxy) is 4. The largest absolute Gasteiger partial charge is 0.490 e. The third-order valence-corrected chi connectivity index (χ3v) is 6.89. The zero-order valence-electron chi connectivity index (χ0n) is 21.0. The van der Waals surface area contributed by atoms with Gasteiger partial charge in [-0.25, -0.2) is 0 Å². The molecule has 0 radical (unpaired) electrons. The molecule has 3 aliphatic heterocycles. The molecule has 2 aromatic carbocycles. The number of nitrogens with one attached hydrogen (secondary N) is 2. The van der Waals surface area contributed by atoms with Crippen LogP contribution in [0.25, 0.3) is 0 Å². The minimum atomic E-state index is -0.342. The van der Waals surface area contributed by atoms with Gasteiger partial charge in [0.1, 0.15) is 18.5 Å². The van der Waals surface area contributed by atoms with E-state index in [-0.39, 0.29) is 49.4 Å². The molecule has 10 heteroatoms. The van der Waals surface area contributed by atoms with Crippen LogP contribution >= 0.6 is 0 Å². The van der Waals surface area contributed by atoms with Crippen LogP contribution in [0.2, 0.25) is 0 Å². The number of benzene rings is 2. The van der Waals surface area contributed by atoms with Gasteiger partial charge in [0.25, 0.3) is 11.8 Å². The van der Waals surface area contributed by atoms with Crippen molar-refractivity contribution in [1.29, 1.82) is 0 Å². The molecule has 3 atom stereocenters. The minimum Gasteiger partial charge on any atom is -0.490 e. The molecular weight excluding hydrogens is 478 g/mol. The first kappa shape index (κ1) is 24.9. The molecule has 10 nitrogen and oxygen atoms in total. The van der Waals surface area contributed by atoms with Crippen molar-refractivity contribution in [2.75, 3.05) is 32.3 Å². The van der Waals surface area contributed by atoms with Crippen molar-refractivity contribution >= 4 is 23.4 Å². The van der Waals surface area contributed by atoms with E-state index in [2.05, 4.69) is 10.6 Å². The molecule has 196 valence electrons. The summed E-state index contributed by atoms with van der Waals surface area (Å²) in [5.74, 6) is 0.959. The summed E-state index contributed by atoms with van der Waals surface area (Å²) >= 11 is 0. The van der Waals surface area contributed by atoms with Crippen LogP contribution in [0.4, 0.5) is 5.69 Å².